The number of ketones is 1. The highest BCUT2D eigenvalue weighted by molar-refractivity contribution is 5.87. The first-order chi connectivity index (χ1) is 6.15. The van der Waals surface area contributed by atoms with Crippen molar-refractivity contribution in [2.24, 2.45) is 11.3 Å². The Hall–Kier alpha value is -0.410. The van der Waals surface area contributed by atoms with Gasteiger partial charge in [-0.05, 0) is 19.5 Å². The van der Waals surface area contributed by atoms with Crippen molar-refractivity contribution in [3.63, 3.8) is 0 Å². The van der Waals surface area contributed by atoms with E-state index in [9.17, 15) is 4.79 Å². The molecule has 0 radical (unpaired) electrons. The Bertz CT molecular complexity index is 229. The van der Waals surface area contributed by atoms with Gasteiger partial charge in [0.15, 0.2) is 0 Å². The Kier molecular flexibility index (Phi) is 2.16. The number of carbonyl (C=O) groups is 1. The highest BCUT2D eigenvalue weighted by atomic mass is 16.1. The largest absolute Gasteiger partial charge is 0.315 e. The van der Waals surface area contributed by atoms with Gasteiger partial charge in [-0.2, -0.15) is 0 Å². The zero-order chi connectivity index (χ0) is 9.47. The SMILES string of the molecule is CC1CNCC12CN(C)CCC2=O. The third-order valence-corrected chi connectivity index (χ3v) is 3.66. The Morgan fingerprint density at radius 1 is 1.62 bits per heavy atom. The van der Waals surface area contributed by atoms with E-state index in [4.69, 9.17) is 0 Å². The lowest BCUT2D eigenvalue weighted by atomic mass is 9.72. The van der Waals surface area contributed by atoms with Crippen LogP contribution in [0.3, 0.4) is 0 Å². The number of hydrogen-bond acceptors (Lipinski definition) is 3. The predicted molar refractivity (Wildman–Crippen MR) is 51.6 cm³/mol. The summed E-state index contributed by atoms with van der Waals surface area (Å²) in [7, 11) is 2.11. The molecule has 2 aliphatic rings. The fraction of sp³-hybridized carbons (Fsp3) is 0.900. The Balaban J connectivity index is 2.22. The van der Waals surface area contributed by atoms with Gasteiger partial charge in [-0.15, -0.1) is 0 Å². The highest BCUT2D eigenvalue weighted by Gasteiger charge is 2.48. The van der Waals surface area contributed by atoms with Gasteiger partial charge in [0.25, 0.3) is 0 Å². The molecule has 2 rings (SSSR count). The summed E-state index contributed by atoms with van der Waals surface area (Å²) in [6.45, 7) is 5.96. The molecule has 0 aromatic rings. The highest BCUT2D eigenvalue weighted by Crippen LogP contribution is 2.36. The Morgan fingerprint density at radius 3 is 3.00 bits per heavy atom. The fourth-order valence-corrected chi connectivity index (χ4v) is 2.66. The Morgan fingerprint density at radius 2 is 2.38 bits per heavy atom. The first-order valence-electron chi connectivity index (χ1n) is 5.08. The standard InChI is InChI=1S/C10H18N2O/c1-8-5-11-6-10(8)7-12(2)4-3-9(10)13/h8,11H,3-7H2,1-2H3. The lowest BCUT2D eigenvalue weighted by molar-refractivity contribution is -0.134. The summed E-state index contributed by atoms with van der Waals surface area (Å²) >= 11 is 0. The normalized spacial score (nSPS) is 41.7. The van der Waals surface area contributed by atoms with Crippen molar-refractivity contribution < 1.29 is 4.79 Å². The first kappa shape index (κ1) is 9.16. The number of rotatable bonds is 0. The van der Waals surface area contributed by atoms with Crippen LogP contribution in [0.25, 0.3) is 0 Å². The topological polar surface area (TPSA) is 32.3 Å². The van der Waals surface area contributed by atoms with Gasteiger partial charge in [-0.1, -0.05) is 6.92 Å². The van der Waals surface area contributed by atoms with Gasteiger partial charge in [0, 0.05) is 26.1 Å². The van der Waals surface area contributed by atoms with E-state index in [0.717, 1.165) is 32.6 Å². The summed E-state index contributed by atoms with van der Waals surface area (Å²) in [5, 5.41) is 3.34. The van der Waals surface area contributed by atoms with Crippen LogP contribution in [0.15, 0.2) is 0 Å². The molecular weight excluding hydrogens is 164 g/mol. The molecule has 3 heteroatoms. The molecule has 0 bridgehead atoms. The monoisotopic (exact) mass is 182 g/mol. The number of likely N-dealkylation sites (tertiary alicyclic amines) is 1. The maximum absolute atomic E-state index is 11.9. The van der Waals surface area contributed by atoms with E-state index in [1.54, 1.807) is 0 Å². The fourth-order valence-electron chi connectivity index (χ4n) is 2.66. The minimum Gasteiger partial charge on any atom is -0.315 e. The van der Waals surface area contributed by atoms with Crippen LogP contribution in [0.5, 0.6) is 0 Å². The number of nitrogens with one attached hydrogen (secondary N) is 1. The van der Waals surface area contributed by atoms with Crippen LogP contribution in [0.1, 0.15) is 13.3 Å². The molecule has 0 aromatic carbocycles. The van der Waals surface area contributed by atoms with E-state index >= 15 is 0 Å². The van der Waals surface area contributed by atoms with Gasteiger partial charge in [0.1, 0.15) is 5.78 Å². The summed E-state index contributed by atoms with van der Waals surface area (Å²) < 4.78 is 0. The van der Waals surface area contributed by atoms with Crippen molar-refractivity contribution in [1.29, 1.82) is 0 Å². The Labute approximate surface area is 79.5 Å². The zero-order valence-corrected chi connectivity index (χ0v) is 8.47. The molecule has 2 fully saturated rings. The van der Waals surface area contributed by atoms with E-state index in [1.165, 1.54) is 0 Å². The minimum atomic E-state index is -0.0625. The van der Waals surface area contributed by atoms with Crippen LogP contribution >= 0.6 is 0 Å². The third kappa shape index (κ3) is 1.30. The van der Waals surface area contributed by atoms with Crippen LogP contribution < -0.4 is 5.32 Å². The van der Waals surface area contributed by atoms with Crippen LogP contribution in [0.4, 0.5) is 0 Å². The average molecular weight is 182 g/mol. The molecule has 0 amide bonds. The number of nitrogens with zero attached hydrogens (tertiary/aromatic N) is 1. The summed E-state index contributed by atoms with van der Waals surface area (Å²) in [6.07, 6.45) is 0.739. The lowest BCUT2D eigenvalue weighted by Crippen LogP contribution is -2.51. The quantitative estimate of drug-likeness (QED) is 0.577. The molecule has 2 aliphatic heterocycles. The first-order valence-corrected chi connectivity index (χ1v) is 5.08. The van der Waals surface area contributed by atoms with Gasteiger partial charge in [0.05, 0.1) is 5.41 Å². The molecule has 1 spiro atoms. The maximum Gasteiger partial charge on any atom is 0.143 e. The van der Waals surface area contributed by atoms with Crippen molar-refractivity contribution in [2.75, 3.05) is 33.2 Å². The van der Waals surface area contributed by atoms with Crippen LogP contribution in [0.2, 0.25) is 0 Å². The third-order valence-electron chi connectivity index (χ3n) is 3.66. The minimum absolute atomic E-state index is 0.0625. The average Bonchev–Trinajstić information content (AvgIpc) is 2.43. The molecule has 3 nitrogen and oxygen atoms in total. The predicted octanol–water partition coefficient (Wildman–Crippen LogP) is 0.117. The van der Waals surface area contributed by atoms with Gasteiger partial charge < -0.3 is 10.2 Å². The lowest BCUT2D eigenvalue weighted by Gasteiger charge is -2.39. The van der Waals surface area contributed by atoms with Crippen LogP contribution in [0, 0.1) is 11.3 Å². The molecule has 0 aromatic heterocycles. The van der Waals surface area contributed by atoms with Crippen molar-refractivity contribution in [2.45, 2.75) is 13.3 Å². The van der Waals surface area contributed by atoms with E-state index < -0.39 is 0 Å². The molecule has 2 atom stereocenters. The molecule has 13 heavy (non-hydrogen) atoms. The second-order valence-corrected chi connectivity index (χ2v) is 4.60. The van der Waals surface area contributed by atoms with Crippen molar-refractivity contribution >= 4 is 5.78 Å². The van der Waals surface area contributed by atoms with E-state index in [-0.39, 0.29) is 5.41 Å². The summed E-state index contributed by atoms with van der Waals surface area (Å²) in [4.78, 5) is 14.2. The van der Waals surface area contributed by atoms with Crippen molar-refractivity contribution in [1.82, 2.24) is 10.2 Å². The van der Waals surface area contributed by atoms with E-state index in [1.807, 2.05) is 0 Å². The van der Waals surface area contributed by atoms with Gasteiger partial charge in [0.2, 0.25) is 0 Å². The molecule has 0 aliphatic carbocycles. The van der Waals surface area contributed by atoms with Crippen LogP contribution in [-0.4, -0.2) is 43.9 Å². The second kappa shape index (κ2) is 3.07. The number of carbonyl (C=O) groups excluding carboxylic acids is 1. The number of hydrogen-bond donors (Lipinski definition) is 1. The van der Waals surface area contributed by atoms with Crippen LogP contribution in [-0.2, 0) is 4.79 Å². The molecule has 2 unspecified atom stereocenters. The molecule has 2 heterocycles. The summed E-state index contributed by atoms with van der Waals surface area (Å²) in [5.74, 6) is 0.978. The molecule has 0 saturated carbocycles. The maximum atomic E-state index is 11.9. The number of piperidine rings is 1. The van der Waals surface area contributed by atoms with E-state index in [2.05, 4.69) is 24.2 Å². The molecule has 1 N–H and O–H groups in total. The molecule has 74 valence electrons. The zero-order valence-electron chi connectivity index (χ0n) is 8.47. The second-order valence-electron chi connectivity index (χ2n) is 4.60. The van der Waals surface area contributed by atoms with E-state index in [0.29, 0.717) is 11.7 Å². The van der Waals surface area contributed by atoms with Crippen molar-refractivity contribution in [3.05, 3.63) is 0 Å². The van der Waals surface area contributed by atoms with Crippen molar-refractivity contribution in [3.8, 4) is 0 Å². The molecule has 2 saturated heterocycles. The number of Topliss-reactive ketones (excluding diaryl/α,β-unsaturated/α-hetero) is 1. The summed E-state index contributed by atoms with van der Waals surface area (Å²) in [5.41, 5.74) is -0.0625. The smallest absolute Gasteiger partial charge is 0.143 e. The molecular formula is C10H18N2O. The van der Waals surface area contributed by atoms with Gasteiger partial charge in [-0.25, -0.2) is 0 Å². The summed E-state index contributed by atoms with van der Waals surface area (Å²) in [6, 6.07) is 0. The van der Waals surface area contributed by atoms with Gasteiger partial charge in [-0.3, -0.25) is 4.79 Å². The van der Waals surface area contributed by atoms with Gasteiger partial charge >= 0.3 is 0 Å².